The number of benzene rings is 1. The van der Waals surface area contributed by atoms with Crippen molar-refractivity contribution in [3.8, 4) is 5.75 Å². The number of hydrogen-bond acceptors (Lipinski definition) is 5. The zero-order valence-electron chi connectivity index (χ0n) is 14.6. The van der Waals surface area contributed by atoms with Gasteiger partial charge in [0.2, 0.25) is 5.76 Å². The van der Waals surface area contributed by atoms with Gasteiger partial charge in [-0.2, -0.15) is 0 Å². The van der Waals surface area contributed by atoms with E-state index in [-0.39, 0.29) is 17.6 Å². The van der Waals surface area contributed by atoms with Gasteiger partial charge in [0.25, 0.3) is 11.8 Å². The first kappa shape index (κ1) is 17.0. The molecule has 7 heteroatoms. The van der Waals surface area contributed by atoms with Gasteiger partial charge in [-0.3, -0.25) is 9.59 Å². The van der Waals surface area contributed by atoms with E-state index in [0.717, 1.165) is 0 Å². The van der Waals surface area contributed by atoms with Crippen molar-refractivity contribution >= 4 is 11.8 Å². The van der Waals surface area contributed by atoms with Crippen molar-refractivity contribution in [2.45, 2.75) is 13.8 Å². The Labute approximate surface area is 146 Å². The summed E-state index contributed by atoms with van der Waals surface area (Å²) in [4.78, 5) is 32.7. The van der Waals surface area contributed by atoms with Crippen molar-refractivity contribution in [2.24, 2.45) is 0 Å². The Morgan fingerprint density at radius 1 is 1.00 bits per heavy atom. The van der Waals surface area contributed by atoms with E-state index in [1.165, 1.54) is 0 Å². The summed E-state index contributed by atoms with van der Waals surface area (Å²) in [5.41, 5.74) is 1.21. The largest absolute Gasteiger partial charge is 0.497 e. The summed E-state index contributed by atoms with van der Waals surface area (Å²) in [5, 5.41) is 0. The van der Waals surface area contributed by atoms with Gasteiger partial charge in [-0.25, -0.2) is 4.98 Å². The van der Waals surface area contributed by atoms with Crippen LogP contribution in [0.5, 0.6) is 5.75 Å². The Morgan fingerprint density at radius 3 is 2.04 bits per heavy atom. The molecule has 0 bridgehead atoms. The second-order valence-electron chi connectivity index (χ2n) is 5.96. The lowest BCUT2D eigenvalue weighted by molar-refractivity contribution is 0.0517. The summed E-state index contributed by atoms with van der Waals surface area (Å²) in [6.07, 6.45) is 0. The zero-order chi connectivity index (χ0) is 18.0. The molecule has 0 spiro atoms. The predicted molar refractivity (Wildman–Crippen MR) is 90.8 cm³/mol. The van der Waals surface area contributed by atoms with Crippen LogP contribution in [0, 0.1) is 13.8 Å². The summed E-state index contributed by atoms with van der Waals surface area (Å²) >= 11 is 0. The van der Waals surface area contributed by atoms with Gasteiger partial charge >= 0.3 is 0 Å². The smallest absolute Gasteiger partial charge is 0.291 e. The Balaban J connectivity index is 1.62. The first-order valence-corrected chi connectivity index (χ1v) is 8.16. The van der Waals surface area contributed by atoms with Gasteiger partial charge in [0.05, 0.1) is 12.8 Å². The molecule has 0 aliphatic carbocycles. The highest BCUT2D eigenvalue weighted by Crippen LogP contribution is 2.17. The van der Waals surface area contributed by atoms with Gasteiger partial charge in [-0.1, -0.05) is 0 Å². The number of aromatic nitrogens is 1. The Kier molecular flexibility index (Phi) is 4.74. The molecule has 0 unspecified atom stereocenters. The van der Waals surface area contributed by atoms with E-state index in [9.17, 15) is 9.59 Å². The number of ether oxygens (including phenoxy) is 1. The topological polar surface area (TPSA) is 75.9 Å². The van der Waals surface area contributed by atoms with Crippen LogP contribution in [0.1, 0.15) is 32.5 Å². The van der Waals surface area contributed by atoms with Crippen molar-refractivity contribution in [1.82, 2.24) is 14.8 Å². The number of carbonyl (C=O) groups excluding carboxylic acids is 2. The van der Waals surface area contributed by atoms with Crippen LogP contribution in [0.2, 0.25) is 0 Å². The molecule has 25 heavy (non-hydrogen) atoms. The number of methoxy groups -OCH3 is 1. The van der Waals surface area contributed by atoms with Crippen LogP contribution in [-0.4, -0.2) is 59.9 Å². The van der Waals surface area contributed by atoms with Crippen molar-refractivity contribution in [2.75, 3.05) is 33.3 Å². The number of carbonyl (C=O) groups is 2. The minimum Gasteiger partial charge on any atom is -0.497 e. The highest BCUT2D eigenvalue weighted by Gasteiger charge is 2.28. The highest BCUT2D eigenvalue weighted by molar-refractivity contribution is 5.95. The number of oxazole rings is 1. The van der Waals surface area contributed by atoms with Crippen LogP contribution in [0.15, 0.2) is 28.7 Å². The van der Waals surface area contributed by atoms with E-state index in [1.807, 2.05) is 0 Å². The van der Waals surface area contributed by atoms with Crippen molar-refractivity contribution in [3.63, 3.8) is 0 Å². The molecule has 1 aromatic carbocycles. The maximum atomic E-state index is 12.6. The summed E-state index contributed by atoms with van der Waals surface area (Å²) in [5.74, 6) is 1.27. The van der Waals surface area contributed by atoms with E-state index in [2.05, 4.69) is 4.98 Å². The fourth-order valence-electron chi connectivity index (χ4n) is 2.90. The molecule has 2 amide bonds. The quantitative estimate of drug-likeness (QED) is 0.851. The molecule has 0 N–H and O–H groups in total. The maximum absolute atomic E-state index is 12.6. The summed E-state index contributed by atoms with van der Waals surface area (Å²) in [7, 11) is 1.59. The van der Waals surface area contributed by atoms with E-state index < -0.39 is 0 Å². The third kappa shape index (κ3) is 3.50. The van der Waals surface area contributed by atoms with Crippen LogP contribution >= 0.6 is 0 Å². The van der Waals surface area contributed by atoms with E-state index in [4.69, 9.17) is 9.15 Å². The molecule has 3 rings (SSSR count). The van der Waals surface area contributed by atoms with Gasteiger partial charge in [-0.15, -0.1) is 0 Å². The molecule has 2 aromatic rings. The maximum Gasteiger partial charge on any atom is 0.291 e. The predicted octanol–water partition coefficient (Wildman–Crippen LogP) is 1.90. The molecule has 0 atom stereocenters. The summed E-state index contributed by atoms with van der Waals surface area (Å²) in [6.45, 7) is 5.40. The molecular formula is C18H21N3O4. The number of rotatable bonds is 3. The number of amides is 2. The normalized spacial score (nSPS) is 14.5. The van der Waals surface area contributed by atoms with Gasteiger partial charge < -0.3 is 19.0 Å². The summed E-state index contributed by atoms with van der Waals surface area (Å²) in [6, 6.07) is 7.03. The second kappa shape index (κ2) is 6.96. The molecular weight excluding hydrogens is 322 g/mol. The molecule has 1 saturated heterocycles. The lowest BCUT2D eigenvalue weighted by Gasteiger charge is -2.34. The van der Waals surface area contributed by atoms with Gasteiger partial charge in [0.1, 0.15) is 5.75 Å². The number of piperazine rings is 1. The molecule has 1 aliphatic heterocycles. The molecule has 0 saturated carbocycles. The van der Waals surface area contributed by atoms with Gasteiger partial charge in [0, 0.05) is 38.7 Å². The SMILES string of the molecule is COc1ccc(C(=O)N2CCN(C(=O)c3oc(C)nc3C)CC2)cc1. The minimum atomic E-state index is -0.172. The number of hydrogen-bond donors (Lipinski definition) is 0. The molecule has 7 nitrogen and oxygen atoms in total. The summed E-state index contributed by atoms with van der Waals surface area (Å²) < 4.78 is 10.5. The van der Waals surface area contributed by atoms with E-state index in [1.54, 1.807) is 55.0 Å². The number of aryl methyl sites for hydroxylation is 2. The zero-order valence-corrected chi connectivity index (χ0v) is 14.6. The van der Waals surface area contributed by atoms with Crippen molar-refractivity contribution in [1.29, 1.82) is 0 Å². The fraction of sp³-hybridized carbons (Fsp3) is 0.389. The third-order valence-corrected chi connectivity index (χ3v) is 4.29. The van der Waals surface area contributed by atoms with Crippen molar-refractivity contribution in [3.05, 3.63) is 47.2 Å². The average Bonchev–Trinajstić information content (AvgIpc) is 2.99. The fourth-order valence-corrected chi connectivity index (χ4v) is 2.90. The van der Waals surface area contributed by atoms with Crippen LogP contribution in [0.25, 0.3) is 0 Å². The monoisotopic (exact) mass is 343 g/mol. The Hall–Kier alpha value is -2.83. The first-order chi connectivity index (χ1) is 12.0. The van der Waals surface area contributed by atoms with Gasteiger partial charge in [0.15, 0.2) is 5.89 Å². The lowest BCUT2D eigenvalue weighted by Crippen LogP contribution is -2.50. The van der Waals surface area contributed by atoms with E-state index in [0.29, 0.717) is 49.1 Å². The first-order valence-electron chi connectivity index (χ1n) is 8.16. The molecule has 132 valence electrons. The molecule has 2 heterocycles. The lowest BCUT2D eigenvalue weighted by atomic mass is 10.1. The van der Waals surface area contributed by atoms with Crippen molar-refractivity contribution < 1.29 is 18.7 Å². The standard InChI is InChI=1S/C18H21N3O4/c1-12-16(25-13(2)19-12)18(23)21-10-8-20(9-11-21)17(22)14-4-6-15(24-3)7-5-14/h4-7H,8-11H2,1-3H3. The third-order valence-electron chi connectivity index (χ3n) is 4.29. The Bertz CT molecular complexity index is 774. The molecule has 1 fully saturated rings. The molecule has 0 radical (unpaired) electrons. The van der Waals surface area contributed by atoms with Crippen LogP contribution in [0.3, 0.4) is 0 Å². The van der Waals surface area contributed by atoms with Crippen LogP contribution in [-0.2, 0) is 0 Å². The average molecular weight is 343 g/mol. The van der Waals surface area contributed by atoms with E-state index >= 15 is 0 Å². The molecule has 1 aromatic heterocycles. The Morgan fingerprint density at radius 2 is 1.56 bits per heavy atom. The van der Waals surface area contributed by atoms with Crippen LogP contribution < -0.4 is 4.74 Å². The number of nitrogens with zero attached hydrogens (tertiary/aromatic N) is 3. The second-order valence-corrected chi connectivity index (χ2v) is 5.96. The van der Waals surface area contributed by atoms with Crippen LogP contribution in [0.4, 0.5) is 0 Å². The molecule has 1 aliphatic rings. The van der Waals surface area contributed by atoms with Gasteiger partial charge in [-0.05, 0) is 31.2 Å². The highest BCUT2D eigenvalue weighted by atomic mass is 16.5. The minimum absolute atomic E-state index is 0.0403.